The van der Waals surface area contributed by atoms with E-state index in [1.807, 2.05) is 13.8 Å². The monoisotopic (exact) mass is 265 g/mol. The number of rotatable bonds is 6. The zero-order chi connectivity index (χ0) is 13.7. The van der Waals surface area contributed by atoms with Crippen LogP contribution in [-0.4, -0.2) is 31.5 Å². The van der Waals surface area contributed by atoms with Crippen molar-refractivity contribution in [1.29, 1.82) is 0 Å². The van der Waals surface area contributed by atoms with Gasteiger partial charge in [0.15, 0.2) is 11.5 Å². The van der Waals surface area contributed by atoms with Gasteiger partial charge < -0.3 is 19.9 Å². The minimum absolute atomic E-state index is 0.189. The van der Waals surface area contributed by atoms with Crippen LogP contribution in [0.2, 0.25) is 0 Å². The van der Waals surface area contributed by atoms with Gasteiger partial charge in [0.05, 0.1) is 13.2 Å². The Bertz CT molecular complexity index is 420. The van der Waals surface area contributed by atoms with Gasteiger partial charge in [0.25, 0.3) is 0 Å². The molecule has 4 heteroatoms. The first-order valence-electron chi connectivity index (χ1n) is 7.06. The second-order valence-electron chi connectivity index (χ2n) is 4.63. The first-order valence-corrected chi connectivity index (χ1v) is 7.06. The molecule has 106 valence electrons. The summed E-state index contributed by atoms with van der Waals surface area (Å²) in [5.74, 6) is 1.63. The van der Waals surface area contributed by atoms with Crippen molar-refractivity contribution >= 4 is 0 Å². The van der Waals surface area contributed by atoms with Crippen LogP contribution in [0.15, 0.2) is 12.1 Å². The molecule has 2 N–H and O–H groups in total. The maximum Gasteiger partial charge on any atom is 0.161 e. The predicted octanol–water partition coefficient (Wildman–Crippen LogP) is 2.05. The van der Waals surface area contributed by atoms with Crippen LogP contribution in [-0.2, 0) is 6.42 Å². The highest BCUT2D eigenvalue weighted by atomic mass is 16.5. The Balaban J connectivity index is 2.35. The highest BCUT2D eigenvalue weighted by Gasteiger charge is 2.22. The fourth-order valence-corrected chi connectivity index (χ4v) is 2.57. The maximum atomic E-state index is 9.16. The second-order valence-corrected chi connectivity index (χ2v) is 4.63. The first-order chi connectivity index (χ1) is 9.30. The van der Waals surface area contributed by atoms with E-state index in [4.69, 9.17) is 14.6 Å². The van der Waals surface area contributed by atoms with E-state index in [1.54, 1.807) is 0 Å². The summed E-state index contributed by atoms with van der Waals surface area (Å²) >= 11 is 0. The molecule has 1 aromatic carbocycles. The summed E-state index contributed by atoms with van der Waals surface area (Å²) in [6, 6.07) is 4.37. The average Bonchev–Trinajstić information content (AvgIpc) is 2.41. The van der Waals surface area contributed by atoms with Crippen LogP contribution >= 0.6 is 0 Å². The van der Waals surface area contributed by atoms with Crippen molar-refractivity contribution in [2.75, 3.05) is 26.4 Å². The molecule has 0 fully saturated rings. The molecular formula is C15H23NO3. The zero-order valence-corrected chi connectivity index (χ0v) is 11.7. The third-order valence-corrected chi connectivity index (χ3v) is 3.38. The number of fused-ring (bicyclic) bond motifs is 1. The van der Waals surface area contributed by atoms with Crippen molar-refractivity contribution in [2.45, 2.75) is 32.7 Å². The van der Waals surface area contributed by atoms with Gasteiger partial charge in [-0.05, 0) is 56.5 Å². The number of ether oxygens (including phenoxy) is 2. The lowest BCUT2D eigenvalue weighted by Gasteiger charge is -2.28. The summed E-state index contributed by atoms with van der Waals surface area (Å²) in [7, 11) is 0. The van der Waals surface area contributed by atoms with Crippen LogP contribution in [0.5, 0.6) is 11.5 Å². The highest BCUT2D eigenvalue weighted by molar-refractivity contribution is 5.49. The summed E-state index contributed by atoms with van der Waals surface area (Å²) in [5, 5.41) is 12.6. The van der Waals surface area contributed by atoms with Crippen LogP contribution in [0.1, 0.15) is 37.4 Å². The minimum atomic E-state index is 0.189. The van der Waals surface area contributed by atoms with Crippen molar-refractivity contribution in [1.82, 2.24) is 5.32 Å². The number of nitrogens with one attached hydrogen (secondary N) is 1. The van der Waals surface area contributed by atoms with Crippen LogP contribution < -0.4 is 14.8 Å². The first kappa shape index (κ1) is 14.2. The number of benzene rings is 1. The molecule has 0 bridgehead atoms. The van der Waals surface area contributed by atoms with Gasteiger partial charge in [-0.2, -0.15) is 0 Å². The van der Waals surface area contributed by atoms with E-state index >= 15 is 0 Å². The van der Waals surface area contributed by atoms with Gasteiger partial charge in [0.1, 0.15) is 0 Å². The third-order valence-electron chi connectivity index (χ3n) is 3.38. The molecule has 1 aromatic rings. The predicted molar refractivity (Wildman–Crippen MR) is 74.9 cm³/mol. The third kappa shape index (κ3) is 3.19. The number of hydrogen-bond donors (Lipinski definition) is 2. The summed E-state index contributed by atoms with van der Waals surface area (Å²) in [5.41, 5.74) is 2.52. The molecule has 0 saturated heterocycles. The van der Waals surface area contributed by atoms with E-state index < -0.39 is 0 Å². The topological polar surface area (TPSA) is 50.7 Å². The quantitative estimate of drug-likeness (QED) is 0.826. The Morgan fingerprint density at radius 1 is 1.21 bits per heavy atom. The molecule has 19 heavy (non-hydrogen) atoms. The van der Waals surface area contributed by atoms with Crippen LogP contribution in [0, 0.1) is 0 Å². The van der Waals surface area contributed by atoms with Gasteiger partial charge in [-0.15, -0.1) is 0 Å². The minimum Gasteiger partial charge on any atom is -0.490 e. The Morgan fingerprint density at radius 2 is 1.89 bits per heavy atom. The van der Waals surface area contributed by atoms with E-state index in [9.17, 15) is 0 Å². The van der Waals surface area contributed by atoms with Gasteiger partial charge in [-0.1, -0.05) is 0 Å². The molecule has 4 nitrogen and oxygen atoms in total. The van der Waals surface area contributed by atoms with E-state index in [2.05, 4.69) is 17.4 Å². The maximum absolute atomic E-state index is 9.16. The van der Waals surface area contributed by atoms with Crippen LogP contribution in [0.3, 0.4) is 0 Å². The average molecular weight is 265 g/mol. The Labute approximate surface area is 114 Å². The summed E-state index contributed by atoms with van der Waals surface area (Å²) in [6.45, 7) is 6.34. The van der Waals surface area contributed by atoms with E-state index in [0.29, 0.717) is 13.2 Å². The van der Waals surface area contributed by atoms with Crippen molar-refractivity contribution in [3.63, 3.8) is 0 Å². The normalized spacial score (nSPS) is 17.9. The van der Waals surface area contributed by atoms with Crippen LogP contribution in [0.25, 0.3) is 0 Å². The smallest absolute Gasteiger partial charge is 0.161 e. The number of aliphatic hydroxyl groups excluding tert-OH is 1. The molecule has 0 aromatic heterocycles. The van der Waals surface area contributed by atoms with Crippen molar-refractivity contribution in [3.8, 4) is 11.5 Å². The van der Waals surface area contributed by atoms with Gasteiger partial charge >= 0.3 is 0 Å². The lowest BCUT2D eigenvalue weighted by Crippen LogP contribution is -2.30. The molecule has 1 atom stereocenters. The summed E-state index contributed by atoms with van der Waals surface area (Å²) in [4.78, 5) is 0. The van der Waals surface area contributed by atoms with Crippen molar-refractivity contribution in [3.05, 3.63) is 23.3 Å². The largest absolute Gasteiger partial charge is 0.490 e. The van der Waals surface area contributed by atoms with E-state index in [1.165, 1.54) is 11.1 Å². The molecule has 0 aliphatic carbocycles. The van der Waals surface area contributed by atoms with Crippen molar-refractivity contribution < 1.29 is 14.6 Å². The highest BCUT2D eigenvalue weighted by Crippen LogP contribution is 2.36. The molecule has 0 amide bonds. The molecule has 0 spiro atoms. The zero-order valence-electron chi connectivity index (χ0n) is 11.7. The van der Waals surface area contributed by atoms with Gasteiger partial charge in [0.2, 0.25) is 0 Å². The fourth-order valence-electron chi connectivity index (χ4n) is 2.57. The lowest BCUT2D eigenvalue weighted by molar-refractivity contribution is 0.261. The van der Waals surface area contributed by atoms with Gasteiger partial charge in [0, 0.05) is 12.6 Å². The fraction of sp³-hybridized carbons (Fsp3) is 0.600. The summed E-state index contributed by atoms with van der Waals surface area (Å²) in [6.07, 6.45) is 1.72. The van der Waals surface area contributed by atoms with Gasteiger partial charge in [-0.3, -0.25) is 0 Å². The van der Waals surface area contributed by atoms with Crippen molar-refractivity contribution in [2.24, 2.45) is 0 Å². The Morgan fingerprint density at radius 3 is 2.53 bits per heavy atom. The molecule has 0 saturated carbocycles. The molecule has 1 aliphatic heterocycles. The molecular weight excluding hydrogens is 242 g/mol. The number of hydrogen-bond acceptors (Lipinski definition) is 4. The standard InChI is InChI=1S/C15H23NO3/c1-3-18-14-9-11-5-7-16-13(6-8-17)12(11)10-15(14)19-4-2/h9-10,13,16-17H,3-8H2,1-2H3. The Hall–Kier alpha value is -1.26. The summed E-state index contributed by atoms with van der Waals surface area (Å²) < 4.78 is 11.3. The number of aliphatic hydroxyl groups is 1. The molecule has 2 rings (SSSR count). The van der Waals surface area contributed by atoms with Gasteiger partial charge in [-0.25, -0.2) is 0 Å². The molecule has 1 aliphatic rings. The van der Waals surface area contributed by atoms with E-state index in [-0.39, 0.29) is 12.6 Å². The second kappa shape index (κ2) is 6.78. The molecule has 1 unspecified atom stereocenters. The van der Waals surface area contributed by atoms with E-state index in [0.717, 1.165) is 30.9 Å². The van der Waals surface area contributed by atoms with Crippen LogP contribution in [0.4, 0.5) is 0 Å². The molecule has 0 radical (unpaired) electrons. The Kier molecular flexibility index (Phi) is 5.05. The lowest BCUT2D eigenvalue weighted by atomic mass is 9.92. The SMILES string of the molecule is CCOc1cc2c(cc1OCC)C(CCO)NCC2. The molecule has 1 heterocycles.